The van der Waals surface area contributed by atoms with E-state index >= 15 is 0 Å². The van der Waals surface area contributed by atoms with Gasteiger partial charge in [-0.2, -0.15) is 30.0 Å². The van der Waals surface area contributed by atoms with Crippen molar-refractivity contribution in [2.24, 2.45) is 40.4 Å². The Morgan fingerprint density at radius 3 is 1.49 bits per heavy atom. The van der Waals surface area contributed by atoms with Crippen molar-refractivity contribution in [2.45, 2.75) is 66.3 Å². The number of hydrogen-bond donors (Lipinski definition) is 0. The molecule has 13 nitrogen and oxygen atoms in total. The Kier molecular flexibility index (Phi) is 8.37. The standard InChI is InChI=1S/C16H23NO6S.C7H8F3NO5S/c1-9-10(2)14(20)17(13(9)19)23-24(21,22)8-16-6-5-11(7-12(16)18)15(16,3)4;1-3-4(2)6(13)11(5(3)12)16-17(14,15)7(8,9)10/h9-11H,5-8H2,1-4H3;3-4H,1-2H3. The maximum atomic E-state index is 12.5. The highest BCUT2D eigenvalue weighted by atomic mass is 32.2. The molecule has 41 heavy (non-hydrogen) atoms. The van der Waals surface area contributed by atoms with Gasteiger partial charge in [0.05, 0.1) is 11.2 Å². The summed E-state index contributed by atoms with van der Waals surface area (Å²) in [6.07, 6.45) is 1.70. The molecule has 2 saturated heterocycles. The van der Waals surface area contributed by atoms with Gasteiger partial charge >= 0.3 is 15.6 Å². The van der Waals surface area contributed by atoms with E-state index in [2.05, 4.69) is 4.28 Å². The van der Waals surface area contributed by atoms with Crippen LogP contribution in [0, 0.1) is 40.4 Å². The molecule has 18 heteroatoms. The minimum Gasteiger partial charge on any atom is -0.299 e. The van der Waals surface area contributed by atoms with Crippen LogP contribution in [0.25, 0.3) is 0 Å². The number of amides is 4. The average Bonchev–Trinajstić information content (AvgIpc) is 3.34. The third-order valence-electron chi connectivity index (χ3n) is 9.07. The molecule has 6 unspecified atom stereocenters. The van der Waals surface area contributed by atoms with Crippen molar-refractivity contribution in [3.8, 4) is 0 Å². The third kappa shape index (κ3) is 5.43. The lowest BCUT2D eigenvalue weighted by Gasteiger charge is -2.35. The largest absolute Gasteiger partial charge is 0.525 e. The Morgan fingerprint density at radius 1 is 0.780 bits per heavy atom. The molecule has 2 bridgehead atoms. The van der Waals surface area contributed by atoms with E-state index in [0.29, 0.717) is 17.9 Å². The van der Waals surface area contributed by atoms with Gasteiger partial charge in [-0.15, -0.1) is 18.7 Å². The number of alkyl halides is 3. The summed E-state index contributed by atoms with van der Waals surface area (Å²) in [5.41, 5.74) is -7.11. The first kappa shape index (κ1) is 33.1. The summed E-state index contributed by atoms with van der Waals surface area (Å²) >= 11 is 0. The number of fused-ring (bicyclic) bond motifs is 2. The number of carbonyl (C=O) groups is 5. The molecular formula is C23H31F3N2O11S2. The van der Waals surface area contributed by atoms with Crippen molar-refractivity contribution >= 4 is 49.6 Å². The van der Waals surface area contributed by atoms with Crippen LogP contribution < -0.4 is 0 Å². The van der Waals surface area contributed by atoms with Crippen molar-refractivity contribution in [1.82, 2.24) is 10.1 Å². The summed E-state index contributed by atoms with van der Waals surface area (Å²) < 4.78 is 90.6. The molecule has 0 aromatic carbocycles. The highest BCUT2D eigenvalue weighted by Gasteiger charge is 2.66. The number of halogens is 3. The number of Topliss-reactive ketones (excluding diaryl/α,β-unsaturated/α-hetero) is 1. The van der Waals surface area contributed by atoms with Gasteiger partial charge < -0.3 is 0 Å². The first-order valence-electron chi connectivity index (χ1n) is 12.6. The van der Waals surface area contributed by atoms with E-state index in [1.807, 2.05) is 13.8 Å². The molecule has 0 radical (unpaired) electrons. The number of carbonyl (C=O) groups excluding carboxylic acids is 5. The quantitative estimate of drug-likeness (QED) is 0.307. The van der Waals surface area contributed by atoms with E-state index in [9.17, 15) is 54.0 Å². The average molecular weight is 633 g/mol. The van der Waals surface area contributed by atoms with Crippen LogP contribution in [0.4, 0.5) is 13.2 Å². The Labute approximate surface area is 234 Å². The predicted molar refractivity (Wildman–Crippen MR) is 130 cm³/mol. The van der Waals surface area contributed by atoms with Crippen LogP contribution in [-0.2, 0) is 52.8 Å². The Balaban J connectivity index is 0.000000241. The van der Waals surface area contributed by atoms with Crippen molar-refractivity contribution in [2.75, 3.05) is 5.75 Å². The van der Waals surface area contributed by atoms with E-state index in [1.54, 1.807) is 13.8 Å². The van der Waals surface area contributed by atoms with Crippen molar-refractivity contribution < 1.29 is 62.5 Å². The number of hydrogen-bond acceptors (Lipinski definition) is 11. The molecule has 0 spiro atoms. The van der Waals surface area contributed by atoms with Crippen molar-refractivity contribution in [3.05, 3.63) is 0 Å². The number of ketones is 1. The monoisotopic (exact) mass is 632 g/mol. The van der Waals surface area contributed by atoms with Gasteiger partial charge in [0.1, 0.15) is 5.78 Å². The predicted octanol–water partition coefficient (Wildman–Crippen LogP) is 1.69. The fourth-order valence-electron chi connectivity index (χ4n) is 5.65. The minimum absolute atomic E-state index is 0.0586. The molecule has 2 aliphatic heterocycles. The second-order valence-corrected chi connectivity index (χ2v) is 14.6. The van der Waals surface area contributed by atoms with E-state index in [-0.39, 0.29) is 16.8 Å². The molecular weight excluding hydrogens is 601 g/mol. The first-order valence-corrected chi connectivity index (χ1v) is 15.6. The van der Waals surface area contributed by atoms with Gasteiger partial charge in [-0.05, 0) is 24.2 Å². The van der Waals surface area contributed by atoms with Crippen LogP contribution in [0.5, 0.6) is 0 Å². The minimum atomic E-state index is -6.01. The molecule has 0 aromatic heterocycles. The van der Waals surface area contributed by atoms with Crippen molar-refractivity contribution in [1.29, 1.82) is 0 Å². The van der Waals surface area contributed by atoms with Crippen LogP contribution >= 0.6 is 0 Å². The second kappa shape index (κ2) is 10.4. The number of nitrogens with zero attached hydrogens (tertiary/aromatic N) is 2. The summed E-state index contributed by atoms with van der Waals surface area (Å²) in [6, 6.07) is 0. The zero-order valence-electron chi connectivity index (χ0n) is 23.1. The molecule has 2 heterocycles. The topological polar surface area (TPSA) is 179 Å². The normalized spacial score (nSPS) is 33.6. The molecule has 6 atom stereocenters. The van der Waals surface area contributed by atoms with E-state index in [1.165, 1.54) is 13.8 Å². The van der Waals surface area contributed by atoms with Crippen LogP contribution in [0.15, 0.2) is 0 Å². The lowest BCUT2D eigenvalue weighted by atomic mass is 9.70. The third-order valence-corrected chi connectivity index (χ3v) is 11.2. The van der Waals surface area contributed by atoms with E-state index < -0.39 is 89.6 Å². The summed E-state index contributed by atoms with van der Waals surface area (Å²) in [7, 11) is -10.3. The van der Waals surface area contributed by atoms with Crippen molar-refractivity contribution in [3.63, 3.8) is 0 Å². The van der Waals surface area contributed by atoms with Gasteiger partial charge in [-0.3, -0.25) is 24.0 Å². The zero-order chi connectivity index (χ0) is 31.7. The van der Waals surface area contributed by atoms with Crippen LogP contribution in [0.3, 0.4) is 0 Å². The van der Waals surface area contributed by atoms with Gasteiger partial charge in [0, 0.05) is 30.1 Å². The van der Waals surface area contributed by atoms with Gasteiger partial charge in [-0.1, -0.05) is 41.5 Å². The van der Waals surface area contributed by atoms with Gasteiger partial charge in [0.25, 0.3) is 33.7 Å². The van der Waals surface area contributed by atoms with Crippen LogP contribution in [-0.4, -0.2) is 67.6 Å². The van der Waals surface area contributed by atoms with Gasteiger partial charge in [-0.25, -0.2) is 0 Å². The lowest BCUT2D eigenvalue weighted by Crippen LogP contribution is -2.44. The Morgan fingerprint density at radius 2 is 1.17 bits per heavy atom. The molecule has 4 rings (SSSR count). The van der Waals surface area contributed by atoms with Gasteiger partial charge in [0.15, 0.2) is 0 Å². The maximum absolute atomic E-state index is 12.5. The number of imide groups is 2. The molecule has 0 N–H and O–H groups in total. The molecule has 0 aromatic rings. The van der Waals surface area contributed by atoms with E-state index in [0.717, 1.165) is 6.42 Å². The molecule has 4 amide bonds. The fourth-order valence-corrected chi connectivity index (χ4v) is 7.78. The highest BCUT2D eigenvalue weighted by Crippen LogP contribution is 2.64. The molecule has 4 fully saturated rings. The molecule has 2 aliphatic carbocycles. The van der Waals surface area contributed by atoms with E-state index in [4.69, 9.17) is 4.28 Å². The summed E-state index contributed by atoms with van der Waals surface area (Å²) in [5, 5.41) is 0.0122. The Hall–Kier alpha value is -2.44. The number of rotatable bonds is 6. The van der Waals surface area contributed by atoms with Gasteiger partial charge in [0.2, 0.25) is 0 Å². The summed E-state index contributed by atoms with van der Waals surface area (Å²) in [6.45, 7) is 9.53. The smallest absolute Gasteiger partial charge is 0.299 e. The van der Waals surface area contributed by atoms with Crippen LogP contribution in [0.1, 0.15) is 60.8 Å². The summed E-state index contributed by atoms with van der Waals surface area (Å²) in [4.78, 5) is 59.1. The fraction of sp³-hybridized carbons (Fsp3) is 0.783. The molecule has 4 aliphatic rings. The highest BCUT2D eigenvalue weighted by molar-refractivity contribution is 7.87. The SMILES string of the molecule is CC1C(=O)N(OS(=O)(=O)C(F)(F)F)C(=O)C1C.CC1C(=O)N(OS(=O)(=O)CC23CCC(CC2=O)C3(C)C)C(=O)C1C. The molecule has 2 saturated carbocycles. The summed E-state index contributed by atoms with van der Waals surface area (Å²) in [5.74, 6) is -7.00. The lowest BCUT2D eigenvalue weighted by molar-refractivity contribution is -0.169. The zero-order valence-corrected chi connectivity index (χ0v) is 24.7. The van der Waals surface area contributed by atoms with Crippen LogP contribution in [0.2, 0.25) is 0 Å². The second-order valence-electron chi connectivity index (χ2n) is 11.5. The number of hydroxylamine groups is 4. The maximum Gasteiger partial charge on any atom is 0.525 e. The first-order chi connectivity index (χ1) is 18.4. The Bertz CT molecular complexity index is 1350. The molecule has 232 valence electrons.